The molecule has 2 N–H and O–H groups in total. The summed E-state index contributed by atoms with van der Waals surface area (Å²) in [6.07, 6.45) is 5.50. The predicted octanol–water partition coefficient (Wildman–Crippen LogP) is 4.23. The second-order valence-corrected chi connectivity index (χ2v) is 6.52. The Hall–Kier alpha value is -3.18. The molecule has 27 heavy (non-hydrogen) atoms. The lowest BCUT2D eigenvalue weighted by molar-refractivity contribution is -0.117. The number of rotatable bonds is 5. The van der Waals surface area contributed by atoms with E-state index < -0.39 is 0 Å². The number of ether oxygens (including phenoxy) is 1. The van der Waals surface area contributed by atoms with Gasteiger partial charge in [-0.2, -0.15) is 0 Å². The van der Waals surface area contributed by atoms with Crippen LogP contribution in [0.2, 0.25) is 0 Å². The lowest BCUT2D eigenvalue weighted by Gasteiger charge is -2.12. The van der Waals surface area contributed by atoms with Crippen molar-refractivity contribution in [3.8, 4) is 22.6 Å². The Morgan fingerprint density at radius 3 is 2.19 bits per heavy atom. The number of hydrogen-bond acceptors (Lipinski definition) is 4. The molecule has 0 aliphatic carbocycles. The molecule has 2 aromatic carbocycles. The van der Waals surface area contributed by atoms with E-state index in [-0.39, 0.29) is 11.9 Å². The summed E-state index contributed by atoms with van der Waals surface area (Å²) in [4.78, 5) is 16.2. The fourth-order valence-electron chi connectivity index (χ4n) is 3.14. The molecule has 4 rings (SSSR count). The number of aromatic nitrogens is 1. The van der Waals surface area contributed by atoms with Gasteiger partial charge in [0.1, 0.15) is 11.5 Å². The van der Waals surface area contributed by atoms with E-state index in [2.05, 4.69) is 15.6 Å². The van der Waals surface area contributed by atoms with Crippen LogP contribution >= 0.6 is 0 Å². The van der Waals surface area contributed by atoms with E-state index in [9.17, 15) is 4.79 Å². The van der Waals surface area contributed by atoms with Crippen molar-refractivity contribution in [3.63, 3.8) is 0 Å². The van der Waals surface area contributed by atoms with Crippen LogP contribution in [0.15, 0.2) is 73.1 Å². The van der Waals surface area contributed by atoms with Gasteiger partial charge < -0.3 is 15.4 Å². The highest BCUT2D eigenvalue weighted by molar-refractivity contribution is 5.95. The van der Waals surface area contributed by atoms with E-state index in [0.717, 1.165) is 47.7 Å². The van der Waals surface area contributed by atoms with Crippen molar-refractivity contribution in [2.24, 2.45) is 0 Å². The van der Waals surface area contributed by atoms with Crippen LogP contribution in [0.5, 0.6) is 11.5 Å². The average Bonchev–Trinajstić information content (AvgIpc) is 3.26. The number of anilines is 1. The summed E-state index contributed by atoms with van der Waals surface area (Å²) in [6, 6.07) is 19.2. The zero-order valence-electron chi connectivity index (χ0n) is 14.9. The lowest BCUT2D eigenvalue weighted by Crippen LogP contribution is -2.35. The number of hydrogen-bond donors (Lipinski definition) is 2. The van der Waals surface area contributed by atoms with Gasteiger partial charge in [0.05, 0.1) is 6.04 Å². The Balaban J connectivity index is 1.37. The van der Waals surface area contributed by atoms with Gasteiger partial charge in [-0.25, -0.2) is 0 Å². The van der Waals surface area contributed by atoms with Crippen LogP contribution in [-0.2, 0) is 4.79 Å². The average molecular weight is 359 g/mol. The number of benzene rings is 2. The maximum atomic E-state index is 12.1. The van der Waals surface area contributed by atoms with Crippen molar-refractivity contribution in [3.05, 3.63) is 73.1 Å². The normalized spacial score (nSPS) is 16.1. The lowest BCUT2D eigenvalue weighted by atomic mass is 10.1. The van der Waals surface area contributed by atoms with Crippen LogP contribution in [0.25, 0.3) is 11.1 Å². The van der Waals surface area contributed by atoms with Crippen molar-refractivity contribution in [1.82, 2.24) is 10.3 Å². The minimum absolute atomic E-state index is 0.0212. The molecular weight excluding hydrogens is 338 g/mol. The number of nitrogens with one attached hydrogen (secondary N) is 2. The zero-order chi connectivity index (χ0) is 18.5. The molecule has 1 atom stereocenters. The molecule has 0 bridgehead atoms. The fraction of sp³-hybridized carbons (Fsp3) is 0.182. The molecule has 0 spiro atoms. The first-order valence-corrected chi connectivity index (χ1v) is 9.10. The fourth-order valence-corrected chi connectivity index (χ4v) is 3.14. The van der Waals surface area contributed by atoms with Gasteiger partial charge in [0.15, 0.2) is 0 Å². The summed E-state index contributed by atoms with van der Waals surface area (Å²) in [6.45, 7) is 0.908. The maximum Gasteiger partial charge on any atom is 0.241 e. The number of carbonyl (C=O) groups excluding carboxylic acids is 1. The Bertz CT molecular complexity index is 887. The van der Waals surface area contributed by atoms with Crippen LogP contribution in [0, 0.1) is 0 Å². The quantitative estimate of drug-likeness (QED) is 0.715. The Kier molecular flexibility index (Phi) is 5.12. The first kappa shape index (κ1) is 17.2. The molecule has 1 aliphatic rings. The Morgan fingerprint density at radius 2 is 1.56 bits per heavy atom. The molecule has 136 valence electrons. The van der Waals surface area contributed by atoms with Crippen LogP contribution in [0.4, 0.5) is 5.69 Å². The van der Waals surface area contributed by atoms with Gasteiger partial charge in [0, 0.05) is 18.1 Å². The summed E-state index contributed by atoms with van der Waals surface area (Å²) in [7, 11) is 0. The van der Waals surface area contributed by atoms with Gasteiger partial charge in [-0.05, 0) is 79.0 Å². The van der Waals surface area contributed by atoms with Crippen molar-refractivity contribution >= 4 is 11.6 Å². The topological polar surface area (TPSA) is 63.2 Å². The first-order valence-electron chi connectivity index (χ1n) is 9.10. The standard InChI is InChI=1S/C22H21N3O2/c26-22(21-2-1-13-24-21)25-18-5-9-20(10-6-18)27-19-7-3-16(4-8-19)17-11-14-23-15-12-17/h3-12,14-15,21,24H,1-2,13H2,(H,25,26)/t21-/m0/s1. The second kappa shape index (κ2) is 8.01. The summed E-state index contributed by atoms with van der Waals surface area (Å²) >= 11 is 0. The van der Waals surface area contributed by atoms with E-state index in [1.165, 1.54) is 0 Å². The minimum Gasteiger partial charge on any atom is -0.457 e. The summed E-state index contributed by atoms with van der Waals surface area (Å²) in [5.41, 5.74) is 3.01. The molecule has 1 fully saturated rings. The summed E-state index contributed by atoms with van der Waals surface area (Å²) in [5, 5.41) is 6.14. The van der Waals surface area contributed by atoms with E-state index in [0.29, 0.717) is 0 Å². The number of nitrogens with zero attached hydrogens (tertiary/aromatic N) is 1. The van der Waals surface area contributed by atoms with Crippen molar-refractivity contribution in [2.75, 3.05) is 11.9 Å². The van der Waals surface area contributed by atoms with Gasteiger partial charge in [0.2, 0.25) is 5.91 Å². The molecule has 5 heteroatoms. The highest BCUT2D eigenvalue weighted by Gasteiger charge is 2.21. The monoisotopic (exact) mass is 359 g/mol. The number of carbonyl (C=O) groups is 1. The molecule has 5 nitrogen and oxygen atoms in total. The molecule has 0 unspecified atom stereocenters. The van der Waals surface area contributed by atoms with Gasteiger partial charge in [-0.15, -0.1) is 0 Å². The minimum atomic E-state index is -0.0835. The molecule has 1 saturated heterocycles. The molecule has 0 saturated carbocycles. The third-order valence-electron chi connectivity index (χ3n) is 4.60. The summed E-state index contributed by atoms with van der Waals surface area (Å²) < 4.78 is 5.89. The van der Waals surface area contributed by atoms with E-state index >= 15 is 0 Å². The van der Waals surface area contributed by atoms with Gasteiger partial charge in [0.25, 0.3) is 0 Å². The summed E-state index contributed by atoms with van der Waals surface area (Å²) in [5.74, 6) is 1.51. The van der Waals surface area contributed by atoms with Gasteiger partial charge in [-0.1, -0.05) is 12.1 Å². The SMILES string of the molecule is O=C(Nc1ccc(Oc2ccc(-c3ccncc3)cc2)cc1)[C@@H]1CCCN1. The van der Waals surface area contributed by atoms with Crippen LogP contribution < -0.4 is 15.4 Å². The van der Waals surface area contributed by atoms with E-state index in [1.54, 1.807) is 12.4 Å². The molecule has 1 aromatic heterocycles. The van der Waals surface area contributed by atoms with Gasteiger partial charge in [-0.3, -0.25) is 9.78 Å². The Morgan fingerprint density at radius 1 is 0.926 bits per heavy atom. The molecule has 1 amide bonds. The third kappa shape index (κ3) is 4.33. The first-order chi connectivity index (χ1) is 13.3. The van der Waals surface area contributed by atoms with Crippen LogP contribution in [0.1, 0.15) is 12.8 Å². The third-order valence-corrected chi connectivity index (χ3v) is 4.60. The smallest absolute Gasteiger partial charge is 0.241 e. The largest absolute Gasteiger partial charge is 0.457 e. The highest BCUT2D eigenvalue weighted by atomic mass is 16.5. The molecule has 2 heterocycles. The molecule has 0 radical (unpaired) electrons. The van der Waals surface area contributed by atoms with Gasteiger partial charge >= 0.3 is 0 Å². The molecule has 3 aromatic rings. The zero-order valence-corrected chi connectivity index (χ0v) is 14.9. The maximum absolute atomic E-state index is 12.1. The van der Waals surface area contributed by atoms with Crippen LogP contribution in [0.3, 0.4) is 0 Å². The Labute approximate surface area is 158 Å². The highest BCUT2D eigenvalue weighted by Crippen LogP contribution is 2.26. The second-order valence-electron chi connectivity index (χ2n) is 6.52. The van der Waals surface area contributed by atoms with Crippen molar-refractivity contribution in [1.29, 1.82) is 0 Å². The van der Waals surface area contributed by atoms with E-state index in [4.69, 9.17) is 4.74 Å². The molecule has 1 aliphatic heterocycles. The number of amides is 1. The number of pyridine rings is 1. The predicted molar refractivity (Wildman–Crippen MR) is 106 cm³/mol. The molecular formula is C22H21N3O2. The van der Waals surface area contributed by atoms with Crippen molar-refractivity contribution in [2.45, 2.75) is 18.9 Å². The van der Waals surface area contributed by atoms with Crippen molar-refractivity contribution < 1.29 is 9.53 Å². The van der Waals surface area contributed by atoms with E-state index in [1.807, 2.05) is 60.7 Å². The van der Waals surface area contributed by atoms with Crippen LogP contribution in [-0.4, -0.2) is 23.5 Å².